The van der Waals surface area contributed by atoms with Crippen molar-refractivity contribution in [3.8, 4) is 0 Å². The highest BCUT2D eigenvalue weighted by Gasteiger charge is 2.35. The van der Waals surface area contributed by atoms with Crippen molar-refractivity contribution in [1.29, 1.82) is 0 Å². The lowest BCUT2D eigenvalue weighted by atomic mass is 10.1. The zero-order valence-electron chi connectivity index (χ0n) is 16.1. The molecule has 6 heteroatoms. The second kappa shape index (κ2) is 8.25. The first-order valence-corrected chi connectivity index (χ1v) is 9.33. The van der Waals surface area contributed by atoms with Crippen molar-refractivity contribution < 1.29 is 19.5 Å². The Bertz CT molecular complexity index is 923. The van der Waals surface area contributed by atoms with Crippen molar-refractivity contribution in [2.75, 3.05) is 18.0 Å². The fourth-order valence-corrected chi connectivity index (χ4v) is 3.48. The summed E-state index contributed by atoms with van der Waals surface area (Å²) in [6, 6.07) is 12.5. The van der Waals surface area contributed by atoms with E-state index in [1.165, 1.54) is 6.07 Å². The molecule has 2 N–H and O–H groups in total. The van der Waals surface area contributed by atoms with E-state index in [4.69, 9.17) is 5.11 Å². The van der Waals surface area contributed by atoms with E-state index >= 15 is 0 Å². The second-order valence-electron chi connectivity index (χ2n) is 7.17. The maximum Gasteiger partial charge on any atom is 0.335 e. The van der Waals surface area contributed by atoms with Gasteiger partial charge in [0.25, 0.3) is 0 Å². The molecular weight excluding hydrogens is 356 g/mol. The number of aromatic carboxylic acids is 1. The van der Waals surface area contributed by atoms with Crippen molar-refractivity contribution >= 4 is 23.5 Å². The number of aryl methyl sites for hydroxylation is 1. The van der Waals surface area contributed by atoms with Crippen LogP contribution in [0.1, 0.15) is 33.5 Å². The van der Waals surface area contributed by atoms with Crippen LogP contribution in [0.2, 0.25) is 0 Å². The van der Waals surface area contributed by atoms with Crippen LogP contribution in [0.5, 0.6) is 0 Å². The third-order valence-corrected chi connectivity index (χ3v) is 5.25. The molecule has 1 atom stereocenters. The van der Waals surface area contributed by atoms with Crippen LogP contribution >= 0.6 is 0 Å². The van der Waals surface area contributed by atoms with E-state index in [-0.39, 0.29) is 29.7 Å². The fourth-order valence-electron chi connectivity index (χ4n) is 3.48. The summed E-state index contributed by atoms with van der Waals surface area (Å²) in [5, 5.41) is 11.9. The van der Waals surface area contributed by atoms with Gasteiger partial charge in [0.05, 0.1) is 11.5 Å². The van der Waals surface area contributed by atoms with Crippen LogP contribution in [-0.4, -0.2) is 36.0 Å². The van der Waals surface area contributed by atoms with Crippen molar-refractivity contribution in [2.45, 2.75) is 26.7 Å². The van der Waals surface area contributed by atoms with Gasteiger partial charge in [0.2, 0.25) is 11.8 Å². The van der Waals surface area contributed by atoms with Crippen LogP contribution in [0.4, 0.5) is 5.69 Å². The number of benzene rings is 2. The van der Waals surface area contributed by atoms with E-state index in [0.717, 1.165) is 22.4 Å². The van der Waals surface area contributed by atoms with Gasteiger partial charge in [0.1, 0.15) is 0 Å². The molecule has 2 aromatic carbocycles. The molecule has 0 aromatic heterocycles. The van der Waals surface area contributed by atoms with E-state index in [1.807, 2.05) is 38.1 Å². The Morgan fingerprint density at radius 1 is 1.18 bits per heavy atom. The van der Waals surface area contributed by atoms with Gasteiger partial charge in [-0.05, 0) is 55.2 Å². The first-order chi connectivity index (χ1) is 13.4. The number of carboxylic acids is 1. The van der Waals surface area contributed by atoms with Gasteiger partial charge in [-0.25, -0.2) is 4.79 Å². The van der Waals surface area contributed by atoms with Crippen molar-refractivity contribution in [3.05, 3.63) is 64.7 Å². The van der Waals surface area contributed by atoms with Gasteiger partial charge in [-0.15, -0.1) is 0 Å². The van der Waals surface area contributed by atoms with Crippen molar-refractivity contribution in [2.24, 2.45) is 5.92 Å². The van der Waals surface area contributed by atoms with Crippen LogP contribution in [-0.2, 0) is 16.0 Å². The molecule has 1 heterocycles. The average molecular weight is 380 g/mol. The number of carboxylic acid groups (broad SMARTS) is 1. The molecule has 1 aliphatic rings. The van der Waals surface area contributed by atoms with Crippen LogP contribution in [0, 0.1) is 19.8 Å². The summed E-state index contributed by atoms with van der Waals surface area (Å²) in [6.07, 6.45) is 0.738. The highest BCUT2D eigenvalue weighted by Crippen LogP contribution is 2.29. The minimum Gasteiger partial charge on any atom is -0.478 e. The Morgan fingerprint density at radius 3 is 2.68 bits per heavy atom. The van der Waals surface area contributed by atoms with Crippen LogP contribution < -0.4 is 10.2 Å². The molecule has 0 radical (unpaired) electrons. The van der Waals surface area contributed by atoms with Crippen molar-refractivity contribution in [1.82, 2.24) is 5.32 Å². The maximum absolute atomic E-state index is 12.5. The quantitative estimate of drug-likeness (QED) is 0.807. The van der Waals surface area contributed by atoms with E-state index < -0.39 is 5.97 Å². The van der Waals surface area contributed by atoms with Crippen LogP contribution in [0.3, 0.4) is 0 Å². The van der Waals surface area contributed by atoms with E-state index in [9.17, 15) is 14.4 Å². The van der Waals surface area contributed by atoms with Gasteiger partial charge in [-0.3, -0.25) is 9.59 Å². The summed E-state index contributed by atoms with van der Waals surface area (Å²) in [5.41, 5.74) is 4.11. The molecule has 6 nitrogen and oxygen atoms in total. The second-order valence-corrected chi connectivity index (χ2v) is 7.17. The molecule has 3 rings (SSSR count). The van der Waals surface area contributed by atoms with Crippen molar-refractivity contribution in [3.63, 3.8) is 0 Å². The Hall–Kier alpha value is -3.15. The SMILES string of the molecule is Cc1cccc(N2CC(C(=O)NCCc3cccc(C(=O)O)c3)CC2=O)c1C. The summed E-state index contributed by atoms with van der Waals surface area (Å²) < 4.78 is 0. The predicted octanol–water partition coefficient (Wildman–Crippen LogP) is 2.71. The summed E-state index contributed by atoms with van der Waals surface area (Å²) >= 11 is 0. The number of carbonyl (C=O) groups excluding carboxylic acids is 2. The lowest BCUT2D eigenvalue weighted by Gasteiger charge is -2.20. The number of rotatable bonds is 6. The highest BCUT2D eigenvalue weighted by molar-refractivity contribution is 6.00. The van der Waals surface area contributed by atoms with E-state index in [1.54, 1.807) is 17.0 Å². The van der Waals surface area contributed by atoms with Crippen LogP contribution in [0.15, 0.2) is 42.5 Å². The zero-order chi connectivity index (χ0) is 20.3. The molecule has 146 valence electrons. The predicted molar refractivity (Wildman–Crippen MR) is 106 cm³/mol. The Morgan fingerprint density at radius 2 is 1.93 bits per heavy atom. The Balaban J connectivity index is 1.57. The zero-order valence-corrected chi connectivity index (χ0v) is 16.1. The minimum atomic E-state index is -0.970. The van der Waals surface area contributed by atoms with Gasteiger partial charge < -0.3 is 15.3 Å². The van der Waals surface area contributed by atoms with Gasteiger partial charge in [0, 0.05) is 25.2 Å². The normalized spacial score (nSPS) is 16.3. The Labute approximate surface area is 164 Å². The van der Waals surface area contributed by atoms with Gasteiger partial charge in [0.15, 0.2) is 0 Å². The molecule has 0 aliphatic carbocycles. The molecule has 2 aromatic rings. The molecule has 2 amide bonds. The van der Waals surface area contributed by atoms with E-state index in [2.05, 4.69) is 5.32 Å². The summed E-state index contributed by atoms with van der Waals surface area (Å²) in [4.78, 5) is 37.7. The molecule has 28 heavy (non-hydrogen) atoms. The third kappa shape index (κ3) is 4.22. The molecule has 1 aliphatic heterocycles. The number of carbonyl (C=O) groups is 3. The van der Waals surface area contributed by atoms with Gasteiger partial charge in [-0.2, -0.15) is 0 Å². The van der Waals surface area contributed by atoms with E-state index in [0.29, 0.717) is 19.5 Å². The minimum absolute atomic E-state index is 0.0389. The summed E-state index contributed by atoms with van der Waals surface area (Å²) in [7, 11) is 0. The third-order valence-electron chi connectivity index (χ3n) is 5.25. The summed E-state index contributed by atoms with van der Waals surface area (Å²) in [6.45, 7) is 4.76. The summed E-state index contributed by atoms with van der Waals surface area (Å²) in [5.74, 6) is -1.53. The number of amides is 2. The standard InChI is InChI=1S/C22H24N2O4/c1-14-5-3-8-19(15(14)2)24-13-18(12-20(24)25)21(26)23-10-9-16-6-4-7-17(11-16)22(27)28/h3-8,11,18H,9-10,12-13H2,1-2H3,(H,23,26)(H,27,28). The number of hydrogen-bond donors (Lipinski definition) is 2. The molecule has 0 bridgehead atoms. The first kappa shape index (κ1) is 19.6. The molecular formula is C22H24N2O4. The maximum atomic E-state index is 12.5. The monoisotopic (exact) mass is 380 g/mol. The smallest absolute Gasteiger partial charge is 0.335 e. The number of hydrogen-bond acceptors (Lipinski definition) is 3. The average Bonchev–Trinajstić information content (AvgIpc) is 3.06. The molecule has 0 saturated carbocycles. The lowest BCUT2D eigenvalue weighted by Crippen LogP contribution is -2.34. The lowest BCUT2D eigenvalue weighted by molar-refractivity contribution is -0.126. The largest absolute Gasteiger partial charge is 0.478 e. The topological polar surface area (TPSA) is 86.7 Å². The fraction of sp³-hybridized carbons (Fsp3) is 0.318. The molecule has 1 fully saturated rings. The number of anilines is 1. The highest BCUT2D eigenvalue weighted by atomic mass is 16.4. The molecule has 0 spiro atoms. The molecule has 1 saturated heterocycles. The Kier molecular flexibility index (Phi) is 5.78. The number of nitrogens with zero attached hydrogens (tertiary/aromatic N) is 1. The number of nitrogens with one attached hydrogen (secondary N) is 1. The van der Waals surface area contributed by atoms with Gasteiger partial charge in [-0.1, -0.05) is 24.3 Å². The first-order valence-electron chi connectivity index (χ1n) is 9.33. The van der Waals surface area contributed by atoms with Crippen LogP contribution in [0.25, 0.3) is 0 Å². The van der Waals surface area contributed by atoms with Gasteiger partial charge >= 0.3 is 5.97 Å². The molecule has 1 unspecified atom stereocenters.